The molecule has 0 radical (unpaired) electrons. The van der Waals surface area contributed by atoms with Crippen molar-refractivity contribution in [3.05, 3.63) is 59.1 Å². The molecule has 1 atom stereocenters. The molecule has 2 aromatic carbocycles. The standard InChI is InChI=1S/C24H28ClN3O3/c1-31-22-9-3-8-21(16-22)26-11-13-27(14-12-26)24(30)19-6-4-10-28(17-19)23(29)18-5-2-7-20(25)15-18/h2-3,5,7-9,15-16,19H,4,6,10-14,17H2,1H3. The summed E-state index contributed by atoms with van der Waals surface area (Å²) in [6.07, 6.45) is 1.67. The van der Waals surface area contributed by atoms with Gasteiger partial charge in [0.25, 0.3) is 5.91 Å². The maximum Gasteiger partial charge on any atom is 0.253 e. The third-order valence-corrected chi connectivity index (χ3v) is 6.37. The molecule has 2 fully saturated rings. The molecule has 0 spiro atoms. The molecule has 6 nitrogen and oxygen atoms in total. The van der Waals surface area contributed by atoms with Gasteiger partial charge in [-0.1, -0.05) is 23.7 Å². The zero-order valence-electron chi connectivity index (χ0n) is 17.8. The molecule has 2 aromatic rings. The number of carbonyl (C=O) groups is 2. The van der Waals surface area contributed by atoms with E-state index in [0.29, 0.717) is 36.8 Å². The molecule has 4 rings (SSSR count). The van der Waals surface area contributed by atoms with E-state index in [9.17, 15) is 9.59 Å². The summed E-state index contributed by atoms with van der Waals surface area (Å²) in [6.45, 7) is 4.11. The lowest BCUT2D eigenvalue weighted by molar-refractivity contribution is -0.137. The molecule has 0 bridgehead atoms. The second-order valence-corrected chi connectivity index (χ2v) is 8.55. The number of piperazine rings is 1. The fraction of sp³-hybridized carbons (Fsp3) is 0.417. The van der Waals surface area contributed by atoms with Gasteiger partial charge in [-0.25, -0.2) is 0 Å². The minimum Gasteiger partial charge on any atom is -0.497 e. The quantitative estimate of drug-likeness (QED) is 0.728. The molecular weight excluding hydrogens is 414 g/mol. The number of likely N-dealkylation sites (tertiary alicyclic amines) is 1. The van der Waals surface area contributed by atoms with E-state index in [-0.39, 0.29) is 17.7 Å². The van der Waals surface area contributed by atoms with Crippen molar-refractivity contribution >= 4 is 29.1 Å². The Bertz CT molecular complexity index is 943. The van der Waals surface area contributed by atoms with Gasteiger partial charge in [0.15, 0.2) is 0 Å². The first-order valence-corrected chi connectivity index (χ1v) is 11.2. The van der Waals surface area contributed by atoms with E-state index in [1.807, 2.05) is 23.1 Å². The van der Waals surface area contributed by atoms with Gasteiger partial charge in [-0.15, -0.1) is 0 Å². The van der Waals surface area contributed by atoms with Gasteiger partial charge >= 0.3 is 0 Å². The molecule has 0 aromatic heterocycles. The van der Waals surface area contributed by atoms with Crippen molar-refractivity contribution in [1.82, 2.24) is 9.80 Å². The van der Waals surface area contributed by atoms with E-state index in [1.54, 1.807) is 36.3 Å². The summed E-state index contributed by atoms with van der Waals surface area (Å²) in [6, 6.07) is 15.0. The van der Waals surface area contributed by atoms with Crippen LogP contribution in [0.1, 0.15) is 23.2 Å². The number of hydrogen-bond donors (Lipinski definition) is 0. The zero-order valence-corrected chi connectivity index (χ0v) is 18.6. The number of carbonyl (C=O) groups excluding carboxylic acids is 2. The summed E-state index contributed by atoms with van der Waals surface area (Å²) in [5.74, 6) is 0.805. The van der Waals surface area contributed by atoms with Crippen LogP contribution in [0, 0.1) is 5.92 Å². The predicted molar refractivity (Wildman–Crippen MR) is 122 cm³/mol. The molecule has 1 unspecified atom stereocenters. The molecule has 0 saturated carbocycles. The molecule has 2 amide bonds. The smallest absolute Gasteiger partial charge is 0.253 e. The maximum absolute atomic E-state index is 13.2. The van der Waals surface area contributed by atoms with Crippen LogP contribution in [0.3, 0.4) is 0 Å². The molecule has 2 saturated heterocycles. The fourth-order valence-corrected chi connectivity index (χ4v) is 4.61. The number of hydrogen-bond acceptors (Lipinski definition) is 4. The number of halogens is 1. The van der Waals surface area contributed by atoms with Crippen molar-refractivity contribution in [3.8, 4) is 5.75 Å². The maximum atomic E-state index is 13.2. The minimum absolute atomic E-state index is 0.0529. The van der Waals surface area contributed by atoms with Crippen molar-refractivity contribution < 1.29 is 14.3 Å². The van der Waals surface area contributed by atoms with Gasteiger partial charge in [0.2, 0.25) is 5.91 Å². The predicted octanol–water partition coefficient (Wildman–Crippen LogP) is 3.55. The van der Waals surface area contributed by atoms with E-state index in [2.05, 4.69) is 11.0 Å². The average molecular weight is 442 g/mol. The van der Waals surface area contributed by atoms with Crippen molar-refractivity contribution in [1.29, 1.82) is 0 Å². The Morgan fingerprint density at radius 3 is 2.48 bits per heavy atom. The molecule has 2 aliphatic heterocycles. The van der Waals surface area contributed by atoms with E-state index in [0.717, 1.165) is 37.4 Å². The van der Waals surface area contributed by atoms with Gasteiger partial charge in [-0.05, 0) is 43.2 Å². The van der Waals surface area contributed by atoms with E-state index < -0.39 is 0 Å². The SMILES string of the molecule is COc1cccc(N2CCN(C(=O)C3CCCN(C(=O)c4cccc(Cl)c4)C3)CC2)c1. The van der Waals surface area contributed by atoms with Crippen LogP contribution in [-0.4, -0.2) is 68.0 Å². The molecule has 2 heterocycles. The van der Waals surface area contributed by atoms with Crippen molar-refractivity contribution in [2.75, 3.05) is 51.3 Å². The van der Waals surface area contributed by atoms with Gasteiger partial charge in [-0.3, -0.25) is 9.59 Å². The normalized spacial score (nSPS) is 19.3. The first-order valence-electron chi connectivity index (χ1n) is 10.8. The van der Waals surface area contributed by atoms with E-state index in [1.165, 1.54) is 0 Å². The van der Waals surface area contributed by atoms with E-state index in [4.69, 9.17) is 16.3 Å². The van der Waals surface area contributed by atoms with Crippen LogP contribution in [0.5, 0.6) is 5.75 Å². The monoisotopic (exact) mass is 441 g/mol. The Morgan fingerprint density at radius 2 is 1.74 bits per heavy atom. The minimum atomic E-state index is -0.139. The highest BCUT2D eigenvalue weighted by Crippen LogP contribution is 2.25. The number of nitrogens with zero attached hydrogens (tertiary/aromatic N) is 3. The largest absolute Gasteiger partial charge is 0.497 e. The molecular formula is C24H28ClN3O3. The second kappa shape index (κ2) is 9.60. The third-order valence-electron chi connectivity index (χ3n) is 6.14. The molecule has 0 aliphatic carbocycles. The first kappa shape index (κ1) is 21.5. The molecule has 2 aliphatic rings. The van der Waals surface area contributed by atoms with Crippen molar-refractivity contribution in [3.63, 3.8) is 0 Å². The lowest BCUT2D eigenvalue weighted by atomic mass is 9.95. The van der Waals surface area contributed by atoms with Crippen LogP contribution >= 0.6 is 11.6 Å². The van der Waals surface area contributed by atoms with Gasteiger partial charge in [0.1, 0.15) is 5.75 Å². The van der Waals surface area contributed by atoms with E-state index >= 15 is 0 Å². The van der Waals surface area contributed by atoms with Crippen LogP contribution in [0.25, 0.3) is 0 Å². The Kier molecular flexibility index (Phi) is 6.66. The molecule has 7 heteroatoms. The topological polar surface area (TPSA) is 53.1 Å². The van der Waals surface area contributed by atoms with Gasteiger partial charge in [0, 0.05) is 61.6 Å². The highest BCUT2D eigenvalue weighted by atomic mass is 35.5. The Morgan fingerprint density at radius 1 is 0.968 bits per heavy atom. The van der Waals surface area contributed by atoms with Gasteiger partial charge in [-0.2, -0.15) is 0 Å². The van der Waals surface area contributed by atoms with Crippen molar-refractivity contribution in [2.45, 2.75) is 12.8 Å². The molecule has 0 N–H and O–H groups in total. The average Bonchev–Trinajstić information content (AvgIpc) is 2.83. The Balaban J connectivity index is 1.34. The number of methoxy groups -OCH3 is 1. The number of anilines is 1. The van der Waals surface area contributed by atoms with Crippen LogP contribution in [0.15, 0.2) is 48.5 Å². The highest BCUT2D eigenvalue weighted by molar-refractivity contribution is 6.30. The Hall–Kier alpha value is -2.73. The molecule has 31 heavy (non-hydrogen) atoms. The zero-order chi connectivity index (χ0) is 21.8. The lowest BCUT2D eigenvalue weighted by Gasteiger charge is -2.39. The van der Waals surface area contributed by atoms with Crippen LogP contribution in [-0.2, 0) is 4.79 Å². The number of benzene rings is 2. The summed E-state index contributed by atoms with van der Waals surface area (Å²) in [5.41, 5.74) is 1.69. The highest BCUT2D eigenvalue weighted by Gasteiger charge is 2.33. The van der Waals surface area contributed by atoms with Crippen LogP contribution in [0.2, 0.25) is 5.02 Å². The first-order chi connectivity index (χ1) is 15.0. The Labute approximate surface area is 188 Å². The van der Waals surface area contributed by atoms with Gasteiger partial charge < -0.3 is 19.4 Å². The molecule has 164 valence electrons. The number of rotatable bonds is 4. The number of ether oxygens (including phenoxy) is 1. The summed E-state index contributed by atoms with van der Waals surface area (Å²) in [5, 5.41) is 0.546. The third kappa shape index (κ3) is 4.96. The summed E-state index contributed by atoms with van der Waals surface area (Å²) in [7, 11) is 1.67. The number of amides is 2. The summed E-state index contributed by atoms with van der Waals surface area (Å²) >= 11 is 6.04. The van der Waals surface area contributed by atoms with Crippen LogP contribution in [0.4, 0.5) is 5.69 Å². The van der Waals surface area contributed by atoms with Crippen molar-refractivity contribution in [2.24, 2.45) is 5.92 Å². The van der Waals surface area contributed by atoms with Crippen LogP contribution < -0.4 is 9.64 Å². The second-order valence-electron chi connectivity index (χ2n) is 8.11. The van der Waals surface area contributed by atoms with Gasteiger partial charge in [0.05, 0.1) is 13.0 Å². The summed E-state index contributed by atoms with van der Waals surface area (Å²) < 4.78 is 5.32. The lowest BCUT2D eigenvalue weighted by Crippen LogP contribution is -2.53. The summed E-state index contributed by atoms with van der Waals surface area (Å²) in [4.78, 5) is 32.1. The fourth-order valence-electron chi connectivity index (χ4n) is 4.42. The number of piperidine rings is 1.